The second-order valence-electron chi connectivity index (χ2n) is 6.26. The number of Topliss-reactive ketones (excluding diaryl/α,β-unsaturated/α-hetero) is 1. The van der Waals surface area contributed by atoms with E-state index in [9.17, 15) is 9.90 Å². The molecule has 0 aliphatic rings. The van der Waals surface area contributed by atoms with Gasteiger partial charge in [0, 0.05) is 18.4 Å². The number of unbranched alkanes of at least 4 members (excludes halogenated alkanes) is 2. The zero-order valence-electron chi connectivity index (χ0n) is 14.1. The quantitative estimate of drug-likeness (QED) is 0.708. The summed E-state index contributed by atoms with van der Waals surface area (Å²) >= 11 is 0. The molecule has 0 aliphatic carbocycles. The molecule has 0 fully saturated rings. The first-order valence-corrected chi connectivity index (χ1v) is 8.47. The van der Waals surface area contributed by atoms with Crippen molar-refractivity contribution >= 4 is 5.78 Å². The van der Waals surface area contributed by atoms with E-state index >= 15 is 0 Å². The van der Waals surface area contributed by atoms with Crippen LogP contribution in [0.15, 0.2) is 42.5 Å². The lowest BCUT2D eigenvalue weighted by molar-refractivity contribution is -0.116. The first-order valence-electron chi connectivity index (χ1n) is 8.47. The molecule has 0 radical (unpaired) electrons. The van der Waals surface area contributed by atoms with E-state index in [1.807, 2.05) is 24.3 Å². The smallest absolute Gasteiger partial charge is 0.134 e. The predicted molar refractivity (Wildman–Crippen MR) is 95.0 cm³/mol. The van der Waals surface area contributed by atoms with Crippen LogP contribution in [0.1, 0.15) is 55.4 Å². The summed E-state index contributed by atoms with van der Waals surface area (Å²) in [6, 6.07) is 14.2. The van der Waals surface area contributed by atoms with Gasteiger partial charge >= 0.3 is 0 Å². The first kappa shape index (κ1) is 17.3. The molecular formula is C21H26O2. The largest absolute Gasteiger partial charge is 0.507 e. The van der Waals surface area contributed by atoms with Gasteiger partial charge in [-0.3, -0.25) is 4.79 Å². The Morgan fingerprint density at radius 2 is 1.70 bits per heavy atom. The maximum atomic E-state index is 11.5. The highest BCUT2D eigenvalue weighted by Crippen LogP contribution is 2.28. The number of ketones is 1. The number of hydrogen-bond donors (Lipinski definition) is 1. The van der Waals surface area contributed by atoms with Gasteiger partial charge in [0.05, 0.1) is 0 Å². The number of aryl methyl sites for hydroxylation is 1. The van der Waals surface area contributed by atoms with Crippen LogP contribution in [0.25, 0.3) is 0 Å². The molecule has 23 heavy (non-hydrogen) atoms. The van der Waals surface area contributed by atoms with Gasteiger partial charge in [0.2, 0.25) is 0 Å². The molecule has 2 aromatic carbocycles. The number of aromatic hydroxyl groups is 1. The molecule has 0 aliphatic heterocycles. The number of benzene rings is 2. The molecule has 122 valence electrons. The van der Waals surface area contributed by atoms with Gasteiger partial charge in [-0.2, -0.15) is 0 Å². The summed E-state index contributed by atoms with van der Waals surface area (Å²) in [6.45, 7) is 3.76. The Morgan fingerprint density at radius 3 is 2.35 bits per heavy atom. The van der Waals surface area contributed by atoms with Crippen LogP contribution in [0.5, 0.6) is 5.75 Å². The number of phenolic OH excluding ortho intramolecular Hbond substituents is 1. The van der Waals surface area contributed by atoms with E-state index in [0.717, 1.165) is 24.0 Å². The average molecular weight is 310 g/mol. The van der Waals surface area contributed by atoms with Crippen molar-refractivity contribution < 1.29 is 9.90 Å². The second-order valence-corrected chi connectivity index (χ2v) is 6.26. The Kier molecular flexibility index (Phi) is 6.40. The van der Waals surface area contributed by atoms with Crippen molar-refractivity contribution in [1.82, 2.24) is 0 Å². The monoisotopic (exact) mass is 310 g/mol. The summed E-state index contributed by atoms with van der Waals surface area (Å²) in [5.74, 6) is 0.361. The third-order valence-corrected chi connectivity index (χ3v) is 4.07. The van der Waals surface area contributed by atoms with Crippen molar-refractivity contribution in [3.8, 4) is 5.75 Å². The molecule has 0 amide bonds. The van der Waals surface area contributed by atoms with E-state index in [0.29, 0.717) is 12.8 Å². The van der Waals surface area contributed by atoms with Crippen LogP contribution in [0.2, 0.25) is 0 Å². The van der Waals surface area contributed by atoms with E-state index < -0.39 is 0 Å². The van der Waals surface area contributed by atoms with E-state index in [4.69, 9.17) is 0 Å². The third-order valence-electron chi connectivity index (χ3n) is 4.07. The third kappa shape index (κ3) is 5.24. The molecule has 0 heterocycles. The molecule has 0 saturated carbocycles. The van der Waals surface area contributed by atoms with Gasteiger partial charge in [-0.25, -0.2) is 0 Å². The average Bonchev–Trinajstić information content (AvgIpc) is 2.52. The van der Waals surface area contributed by atoms with Crippen LogP contribution in [0.4, 0.5) is 0 Å². The summed E-state index contributed by atoms with van der Waals surface area (Å²) in [4.78, 5) is 11.5. The highest BCUT2D eigenvalue weighted by molar-refractivity contribution is 5.79. The molecule has 2 heteroatoms. The maximum absolute atomic E-state index is 11.5. The molecule has 2 aromatic rings. The second kappa shape index (κ2) is 8.52. The summed E-state index contributed by atoms with van der Waals surface area (Å²) in [5.41, 5.74) is 4.07. The van der Waals surface area contributed by atoms with Crippen molar-refractivity contribution in [2.24, 2.45) is 0 Å². The Bertz CT molecular complexity index is 644. The van der Waals surface area contributed by atoms with Gasteiger partial charge in [0.15, 0.2) is 0 Å². The van der Waals surface area contributed by atoms with Crippen LogP contribution in [0, 0.1) is 0 Å². The van der Waals surface area contributed by atoms with Gasteiger partial charge in [-0.05, 0) is 36.5 Å². The molecule has 0 saturated heterocycles. The van der Waals surface area contributed by atoms with E-state index in [1.54, 1.807) is 6.92 Å². The zero-order chi connectivity index (χ0) is 16.7. The molecule has 0 aromatic heterocycles. The fraction of sp³-hybridized carbons (Fsp3) is 0.381. The van der Waals surface area contributed by atoms with Gasteiger partial charge in [-0.1, -0.05) is 62.2 Å². The Balaban J connectivity index is 2.30. The normalized spacial score (nSPS) is 10.7. The molecule has 0 spiro atoms. The minimum atomic E-state index is 0.0802. The zero-order valence-corrected chi connectivity index (χ0v) is 14.1. The molecule has 2 rings (SSSR count). The fourth-order valence-electron chi connectivity index (χ4n) is 2.91. The molecule has 0 unspecified atom stereocenters. The topological polar surface area (TPSA) is 37.3 Å². The minimum Gasteiger partial charge on any atom is -0.507 e. The highest BCUT2D eigenvalue weighted by atomic mass is 16.3. The summed E-state index contributed by atoms with van der Waals surface area (Å²) < 4.78 is 0. The van der Waals surface area contributed by atoms with Crippen molar-refractivity contribution in [2.45, 2.75) is 52.4 Å². The SMILES string of the molecule is CCCCCc1cc(CC(C)=O)c(O)c(Cc2ccccc2)c1. The fourth-order valence-corrected chi connectivity index (χ4v) is 2.91. The highest BCUT2D eigenvalue weighted by Gasteiger charge is 2.12. The Hall–Kier alpha value is -2.09. The van der Waals surface area contributed by atoms with Crippen LogP contribution in [0.3, 0.4) is 0 Å². The standard InChI is InChI=1S/C21H26O2/c1-3-4-6-11-18-14-19(12-16(2)22)21(23)20(15-18)13-17-9-7-5-8-10-17/h5,7-10,14-15,23H,3-4,6,11-13H2,1-2H3. The molecular weight excluding hydrogens is 284 g/mol. The molecule has 2 nitrogen and oxygen atoms in total. The molecule has 0 bridgehead atoms. The van der Waals surface area contributed by atoms with Gasteiger partial charge in [-0.15, -0.1) is 0 Å². The van der Waals surface area contributed by atoms with Crippen LogP contribution < -0.4 is 0 Å². The number of carbonyl (C=O) groups is 1. The summed E-state index contributed by atoms with van der Waals surface area (Å²) in [5, 5.41) is 10.5. The van der Waals surface area contributed by atoms with Crippen LogP contribution in [-0.2, 0) is 24.1 Å². The number of phenols is 1. The van der Waals surface area contributed by atoms with Crippen molar-refractivity contribution in [3.63, 3.8) is 0 Å². The maximum Gasteiger partial charge on any atom is 0.134 e. The lowest BCUT2D eigenvalue weighted by Crippen LogP contribution is -2.01. The Labute approximate surface area is 139 Å². The van der Waals surface area contributed by atoms with E-state index in [2.05, 4.69) is 25.1 Å². The first-order chi connectivity index (χ1) is 11.1. The van der Waals surface area contributed by atoms with Crippen molar-refractivity contribution in [3.05, 3.63) is 64.7 Å². The predicted octanol–water partition coefficient (Wildman–Crippen LogP) is 4.85. The van der Waals surface area contributed by atoms with E-state index in [1.165, 1.54) is 24.0 Å². The number of rotatable bonds is 8. The number of carbonyl (C=O) groups excluding carboxylic acids is 1. The van der Waals surface area contributed by atoms with Crippen molar-refractivity contribution in [1.29, 1.82) is 0 Å². The van der Waals surface area contributed by atoms with Gasteiger partial charge < -0.3 is 5.11 Å². The number of hydrogen-bond acceptors (Lipinski definition) is 2. The molecule has 0 atom stereocenters. The van der Waals surface area contributed by atoms with Gasteiger partial charge in [0.25, 0.3) is 0 Å². The minimum absolute atomic E-state index is 0.0802. The summed E-state index contributed by atoms with van der Waals surface area (Å²) in [7, 11) is 0. The Morgan fingerprint density at radius 1 is 1.00 bits per heavy atom. The van der Waals surface area contributed by atoms with Gasteiger partial charge in [0.1, 0.15) is 11.5 Å². The molecule has 1 N–H and O–H groups in total. The van der Waals surface area contributed by atoms with Crippen molar-refractivity contribution in [2.75, 3.05) is 0 Å². The van der Waals surface area contributed by atoms with Crippen LogP contribution >= 0.6 is 0 Å². The lowest BCUT2D eigenvalue weighted by atomic mass is 9.94. The summed E-state index contributed by atoms with van der Waals surface area (Å²) in [6.07, 6.45) is 5.53. The van der Waals surface area contributed by atoms with E-state index in [-0.39, 0.29) is 11.5 Å². The van der Waals surface area contributed by atoms with Crippen LogP contribution in [-0.4, -0.2) is 10.9 Å². The lowest BCUT2D eigenvalue weighted by Gasteiger charge is -2.13.